The summed E-state index contributed by atoms with van der Waals surface area (Å²) in [5.41, 5.74) is 8.61. The highest BCUT2D eigenvalue weighted by Gasteiger charge is 2.07. The van der Waals surface area contributed by atoms with Crippen LogP contribution in [-0.2, 0) is 13.1 Å². The average Bonchev–Trinajstić information content (AvgIpc) is 2.38. The van der Waals surface area contributed by atoms with E-state index in [4.69, 9.17) is 5.73 Å². The molecule has 94 valence electrons. The van der Waals surface area contributed by atoms with Gasteiger partial charge in [-0.1, -0.05) is 12.1 Å². The molecule has 1 aromatic heterocycles. The third-order valence-corrected chi connectivity index (χ3v) is 2.82. The maximum Gasteiger partial charge on any atom is 0.123 e. The van der Waals surface area contributed by atoms with Crippen molar-refractivity contribution in [3.63, 3.8) is 0 Å². The first-order valence-corrected chi connectivity index (χ1v) is 5.79. The molecule has 2 rings (SSSR count). The molecule has 0 aliphatic carbocycles. The Morgan fingerprint density at radius 2 is 2.17 bits per heavy atom. The Hall–Kier alpha value is -1.94. The molecule has 0 bridgehead atoms. The van der Waals surface area contributed by atoms with Crippen molar-refractivity contribution in [3.05, 3.63) is 59.7 Å². The van der Waals surface area contributed by atoms with Gasteiger partial charge in [0.15, 0.2) is 0 Å². The van der Waals surface area contributed by atoms with Crippen LogP contribution < -0.4 is 10.6 Å². The fourth-order valence-electron chi connectivity index (χ4n) is 1.94. The molecule has 0 atom stereocenters. The van der Waals surface area contributed by atoms with Crippen LogP contribution >= 0.6 is 0 Å². The topological polar surface area (TPSA) is 42.2 Å². The number of benzene rings is 1. The number of hydrogen-bond acceptors (Lipinski definition) is 3. The number of pyridine rings is 1. The van der Waals surface area contributed by atoms with Crippen molar-refractivity contribution < 1.29 is 4.39 Å². The minimum Gasteiger partial charge on any atom is -0.370 e. The summed E-state index contributed by atoms with van der Waals surface area (Å²) in [6.07, 6.45) is 3.49. The predicted octanol–water partition coefficient (Wildman–Crippen LogP) is 2.32. The van der Waals surface area contributed by atoms with Crippen molar-refractivity contribution in [2.45, 2.75) is 13.1 Å². The van der Waals surface area contributed by atoms with Gasteiger partial charge in [-0.2, -0.15) is 0 Å². The fourth-order valence-corrected chi connectivity index (χ4v) is 1.94. The van der Waals surface area contributed by atoms with Gasteiger partial charge in [0, 0.05) is 43.8 Å². The monoisotopic (exact) mass is 245 g/mol. The summed E-state index contributed by atoms with van der Waals surface area (Å²) in [4.78, 5) is 6.09. The Morgan fingerprint density at radius 3 is 2.89 bits per heavy atom. The maximum absolute atomic E-state index is 13.1. The van der Waals surface area contributed by atoms with Gasteiger partial charge in [0.2, 0.25) is 0 Å². The Bertz CT molecular complexity index is 528. The summed E-state index contributed by atoms with van der Waals surface area (Å²) < 4.78 is 13.1. The van der Waals surface area contributed by atoms with E-state index in [0.29, 0.717) is 13.1 Å². The maximum atomic E-state index is 13.1. The van der Waals surface area contributed by atoms with Gasteiger partial charge >= 0.3 is 0 Å². The highest BCUT2D eigenvalue weighted by atomic mass is 19.1. The second kappa shape index (κ2) is 5.60. The van der Waals surface area contributed by atoms with E-state index >= 15 is 0 Å². The van der Waals surface area contributed by atoms with Crippen LogP contribution in [0.1, 0.15) is 11.1 Å². The summed E-state index contributed by atoms with van der Waals surface area (Å²) in [5.74, 6) is -0.213. The molecule has 0 amide bonds. The Labute approximate surface area is 106 Å². The van der Waals surface area contributed by atoms with E-state index in [1.54, 1.807) is 24.5 Å². The molecule has 0 unspecified atom stereocenters. The van der Waals surface area contributed by atoms with Crippen molar-refractivity contribution in [3.8, 4) is 0 Å². The van der Waals surface area contributed by atoms with Gasteiger partial charge in [-0.15, -0.1) is 0 Å². The van der Waals surface area contributed by atoms with Gasteiger partial charge in [-0.05, 0) is 23.8 Å². The molecule has 4 heteroatoms. The number of nitrogens with zero attached hydrogens (tertiary/aromatic N) is 2. The van der Waals surface area contributed by atoms with Gasteiger partial charge in [0.05, 0.1) is 0 Å². The van der Waals surface area contributed by atoms with E-state index in [-0.39, 0.29) is 5.82 Å². The number of nitrogens with two attached hydrogens (primary N) is 1. The third-order valence-electron chi connectivity index (χ3n) is 2.82. The number of halogens is 1. The second-order valence-electron chi connectivity index (χ2n) is 4.19. The van der Waals surface area contributed by atoms with Crippen LogP contribution in [0.15, 0.2) is 42.7 Å². The predicted molar refractivity (Wildman–Crippen MR) is 70.6 cm³/mol. The number of rotatable bonds is 4. The molecular formula is C14H16FN3. The number of hydrogen-bond donors (Lipinski definition) is 1. The molecule has 0 saturated heterocycles. The van der Waals surface area contributed by atoms with Crippen LogP contribution in [0.5, 0.6) is 0 Å². The summed E-state index contributed by atoms with van der Waals surface area (Å²) in [5, 5.41) is 0. The Kier molecular flexibility index (Phi) is 3.89. The van der Waals surface area contributed by atoms with E-state index in [1.807, 2.05) is 24.1 Å². The SMILES string of the molecule is CN(Cc1cccc(F)c1)c1ccncc1CN. The molecular weight excluding hydrogens is 229 g/mol. The minimum atomic E-state index is -0.213. The molecule has 1 heterocycles. The lowest BCUT2D eigenvalue weighted by Crippen LogP contribution is -2.19. The van der Waals surface area contributed by atoms with Gasteiger partial charge in [0.25, 0.3) is 0 Å². The van der Waals surface area contributed by atoms with E-state index in [0.717, 1.165) is 16.8 Å². The summed E-state index contributed by atoms with van der Waals surface area (Å²) in [7, 11) is 1.96. The van der Waals surface area contributed by atoms with Crippen molar-refractivity contribution in [2.24, 2.45) is 5.73 Å². The largest absolute Gasteiger partial charge is 0.370 e. The summed E-state index contributed by atoms with van der Waals surface area (Å²) in [6.45, 7) is 1.07. The van der Waals surface area contributed by atoms with Crippen LogP contribution in [0.3, 0.4) is 0 Å². The van der Waals surface area contributed by atoms with E-state index in [9.17, 15) is 4.39 Å². The van der Waals surface area contributed by atoms with E-state index < -0.39 is 0 Å². The van der Waals surface area contributed by atoms with Crippen LogP contribution in [0.25, 0.3) is 0 Å². The van der Waals surface area contributed by atoms with Crippen LogP contribution in [0.2, 0.25) is 0 Å². The van der Waals surface area contributed by atoms with Crippen LogP contribution in [0.4, 0.5) is 10.1 Å². The average molecular weight is 245 g/mol. The quantitative estimate of drug-likeness (QED) is 0.898. The van der Waals surface area contributed by atoms with Crippen molar-refractivity contribution >= 4 is 5.69 Å². The van der Waals surface area contributed by atoms with Gasteiger partial charge in [0.1, 0.15) is 5.82 Å². The first-order chi connectivity index (χ1) is 8.70. The zero-order chi connectivity index (χ0) is 13.0. The van der Waals surface area contributed by atoms with Gasteiger partial charge in [-0.25, -0.2) is 4.39 Å². The highest BCUT2D eigenvalue weighted by Crippen LogP contribution is 2.19. The van der Waals surface area contributed by atoms with Crippen LogP contribution in [0, 0.1) is 5.82 Å². The smallest absolute Gasteiger partial charge is 0.123 e. The van der Waals surface area contributed by atoms with Crippen molar-refractivity contribution in [1.29, 1.82) is 0 Å². The van der Waals surface area contributed by atoms with Crippen LogP contribution in [-0.4, -0.2) is 12.0 Å². The normalized spacial score (nSPS) is 10.4. The highest BCUT2D eigenvalue weighted by molar-refractivity contribution is 5.51. The zero-order valence-corrected chi connectivity index (χ0v) is 10.3. The fraction of sp³-hybridized carbons (Fsp3) is 0.214. The Morgan fingerprint density at radius 1 is 1.33 bits per heavy atom. The van der Waals surface area contributed by atoms with Crippen molar-refractivity contribution in [1.82, 2.24) is 4.98 Å². The molecule has 2 aromatic rings. The second-order valence-corrected chi connectivity index (χ2v) is 4.19. The van der Waals surface area contributed by atoms with Gasteiger partial charge in [-0.3, -0.25) is 4.98 Å². The molecule has 0 aliphatic rings. The number of anilines is 1. The lowest BCUT2D eigenvalue weighted by Gasteiger charge is -2.21. The molecule has 2 N–H and O–H groups in total. The molecule has 1 aromatic carbocycles. The number of aromatic nitrogens is 1. The minimum absolute atomic E-state index is 0.213. The van der Waals surface area contributed by atoms with Gasteiger partial charge < -0.3 is 10.6 Å². The zero-order valence-electron chi connectivity index (χ0n) is 10.3. The first-order valence-electron chi connectivity index (χ1n) is 5.79. The third kappa shape index (κ3) is 2.84. The van der Waals surface area contributed by atoms with E-state index in [1.165, 1.54) is 6.07 Å². The molecule has 0 radical (unpaired) electrons. The summed E-state index contributed by atoms with van der Waals surface area (Å²) in [6, 6.07) is 8.53. The van der Waals surface area contributed by atoms with Crippen molar-refractivity contribution in [2.75, 3.05) is 11.9 Å². The molecule has 0 saturated carbocycles. The standard InChI is InChI=1S/C14H16FN3/c1-18(10-11-3-2-4-13(15)7-11)14-5-6-17-9-12(14)8-16/h2-7,9H,8,10,16H2,1H3. The first kappa shape index (κ1) is 12.5. The summed E-state index contributed by atoms with van der Waals surface area (Å²) >= 11 is 0. The lowest BCUT2D eigenvalue weighted by atomic mass is 10.1. The molecule has 0 spiro atoms. The van der Waals surface area contributed by atoms with E-state index in [2.05, 4.69) is 4.98 Å². The molecule has 0 aliphatic heterocycles. The molecule has 0 fully saturated rings. The Balaban J connectivity index is 2.19. The molecule has 18 heavy (non-hydrogen) atoms. The lowest BCUT2D eigenvalue weighted by molar-refractivity contribution is 0.625. The molecule has 3 nitrogen and oxygen atoms in total.